The van der Waals surface area contributed by atoms with Gasteiger partial charge >= 0.3 is 6.03 Å². The van der Waals surface area contributed by atoms with Crippen molar-refractivity contribution in [2.45, 2.75) is 46.3 Å². The molecule has 0 radical (unpaired) electrons. The van der Waals surface area contributed by atoms with Crippen LogP contribution >= 0.6 is 11.6 Å². The lowest BCUT2D eigenvalue weighted by Crippen LogP contribution is -2.48. The smallest absolute Gasteiger partial charge is 0.333 e. The molecule has 1 aromatic rings. The number of hydrogen-bond acceptors (Lipinski definition) is 4. The Morgan fingerprint density at radius 1 is 1.52 bits per heavy atom. The molecule has 0 bridgehead atoms. The molecule has 2 rings (SSSR count). The summed E-state index contributed by atoms with van der Waals surface area (Å²) in [6.07, 6.45) is 1.70. The maximum atomic E-state index is 10.7. The van der Waals surface area contributed by atoms with Crippen molar-refractivity contribution in [2.75, 3.05) is 13.6 Å². The summed E-state index contributed by atoms with van der Waals surface area (Å²) in [7, 11) is 1.48. The van der Waals surface area contributed by atoms with Crippen molar-refractivity contribution in [3.63, 3.8) is 0 Å². The molecule has 3 N–H and O–H groups in total. The van der Waals surface area contributed by atoms with Crippen LogP contribution in [0.15, 0.2) is 0 Å². The molecule has 1 aliphatic rings. The number of halogens is 1. The van der Waals surface area contributed by atoms with Crippen LogP contribution in [0.2, 0.25) is 5.28 Å². The van der Waals surface area contributed by atoms with E-state index in [1.54, 1.807) is 13.8 Å². The highest BCUT2D eigenvalue weighted by molar-refractivity contribution is 6.28. The molecule has 0 saturated carbocycles. The number of urea groups is 1. The zero-order chi connectivity index (χ0) is 17.4. The summed E-state index contributed by atoms with van der Waals surface area (Å²) in [5.41, 5.74) is 4.62. The van der Waals surface area contributed by atoms with E-state index in [2.05, 4.69) is 25.6 Å². The van der Waals surface area contributed by atoms with Crippen LogP contribution in [0.4, 0.5) is 4.79 Å². The van der Waals surface area contributed by atoms with Gasteiger partial charge in [-0.3, -0.25) is 9.80 Å². The Kier molecular flexibility index (Phi) is 7.84. The van der Waals surface area contributed by atoms with Crippen LogP contribution in [0.3, 0.4) is 0 Å². The molecule has 8 nitrogen and oxygen atoms in total. The number of imidazole rings is 1. The lowest BCUT2D eigenvalue weighted by atomic mass is 10.3. The zero-order valence-corrected chi connectivity index (χ0v) is 14.8. The number of carbonyl (C=O) groups excluding carboxylic acids is 2. The third kappa shape index (κ3) is 5.72. The second kappa shape index (κ2) is 9.36. The highest BCUT2D eigenvalue weighted by Gasteiger charge is 2.14. The second-order valence-corrected chi connectivity index (χ2v) is 5.73. The fraction of sp³-hybridized carbons (Fsp3) is 0.643. The van der Waals surface area contributed by atoms with E-state index in [9.17, 15) is 9.59 Å². The molecule has 3 amide bonds. The zero-order valence-electron chi connectivity index (χ0n) is 14.0. The Labute approximate surface area is 141 Å². The molecule has 130 valence electrons. The first-order valence-electron chi connectivity index (χ1n) is 7.54. The summed E-state index contributed by atoms with van der Waals surface area (Å²) in [4.78, 5) is 25.2. The average molecular weight is 345 g/mol. The molecule has 2 heterocycles. The van der Waals surface area contributed by atoms with Gasteiger partial charge in [-0.05, 0) is 45.3 Å². The molecule has 1 aliphatic heterocycles. The summed E-state index contributed by atoms with van der Waals surface area (Å²) in [6, 6.07) is -0.435. The van der Waals surface area contributed by atoms with Crippen molar-refractivity contribution in [1.29, 1.82) is 0 Å². The highest BCUT2D eigenvalue weighted by Crippen LogP contribution is 2.17. The van der Waals surface area contributed by atoms with Gasteiger partial charge in [0.25, 0.3) is 0 Å². The fourth-order valence-corrected chi connectivity index (χ4v) is 2.35. The van der Waals surface area contributed by atoms with Crippen LogP contribution in [-0.4, -0.2) is 46.6 Å². The Morgan fingerprint density at radius 2 is 2.22 bits per heavy atom. The lowest BCUT2D eigenvalue weighted by molar-refractivity contribution is -0.121. The minimum absolute atomic E-state index is 0.0372. The Hall–Kier alpha value is -1.80. The predicted molar refractivity (Wildman–Crippen MR) is 88.9 cm³/mol. The Bertz CT molecular complexity index is 505. The van der Waals surface area contributed by atoms with E-state index in [1.807, 2.05) is 6.92 Å². The van der Waals surface area contributed by atoms with E-state index in [0.717, 1.165) is 31.7 Å². The molecule has 0 aromatic carbocycles. The fourth-order valence-electron chi connectivity index (χ4n) is 2.04. The van der Waals surface area contributed by atoms with Crippen molar-refractivity contribution in [3.05, 3.63) is 16.7 Å². The third-order valence-corrected chi connectivity index (χ3v) is 3.67. The van der Waals surface area contributed by atoms with Gasteiger partial charge < -0.3 is 15.2 Å². The summed E-state index contributed by atoms with van der Waals surface area (Å²) in [5.74, 6) is 0. The number of nitrogens with one attached hydrogen (secondary N) is 3. The summed E-state index contributed by atoms with van der Waals surface area (Å²) >= 11 is 5.96. The molecular weight excluding hydrogens is 320 g/mol. The number of amides is 3. The first-order chi connectivity index (χ1) is 10.9. The van der Waals surface area contributed by atoms with Crippen molar-refractivity contribution in [2.24, 2.45) is 0 Å². The largest absolute Gasteiger partial charge is 0.340 e. The maximum absolute atomic E-state index is 10.7. The molecule has 0 saturated heterocycles. The van der Waals surface area contributed by atoms with E-state index < -0.39 is 6.03 Å². The van der Waals surface area contributed by atoms with Crippen LogP contribution in [0.5, 0.6) is 0 Å². The molecule has 23 heavy (non-hydrogen) atoms. The number of fused-ring (bicyclic) bond motifs is 1. The first-order valence-corrected chi connectivity index (χ1v) is 7.92. The monoisotopic (exact) mass is 344 g/mol. The van der Waals surface area contributed by atoms with Crippen LogP contribution in [0.1, 0.15) is 31.7 Å². The minimum Gasteiger partial charge on any atom is -0.340 e. The van der Waals surface area contributed by atoms with Crippen molar-refractivity contribution < 1.29 is 9.59 Å². The number of carbonyl (C=O) groups is 2. The normalized spacial score (nSPS) is 13.3. The highest BCUT2D eigenvalue weighted by atomic mass is 35.5. The summed E-state index contributed by atoms with van der Waals surface area (Å²) in [5, 5.41) is 7.48. The van der Waals surface area contributed by atoms with Crippen LogP contribution in [-0.2, 0) is 17.9 Å². The van der Waals surface area contributed by atoms with E-state index >= 15 is 0 Å². The average Bonchev–Trinajstić information content (AvgIpc) is 2.72. The number of nitrogens with zero attached hydrogens (tertiary/aromatic N) is 3. The van der Waals surface area contributed by atoms with Gasteiger partial charge in [-0.15, -0.1) is 0 Å². The molecule has 0 fully saturated rings. The summed E-state index contributed by atoms with van der Waals surface area (Å²) < 4.78 is 2.09. The number of hydrogen-bond donors (Lipinski definition) is 3. The van der Waals surface area contributed by atoms with E-state index in [4.69, 9.17) is 11.6 Å². The van der Waals surface area contributed by atoms with Crippen molar-refractivity contribution >= 4 is 24.0 Å². The number of aromatic nitrogens is 2. The van der Waals surface area contributed by atoms with Gasteiger partial charge in [0.05, 0.1) is 11.4 Å². The Morgan fingerprint density at radius 3 is 2.78 bits per heavy atom. The quantitative estimate of drug-likeness (QED) is 0.564. The second-order valence-electron chi connectivity index (χ2n) is 5.39. The molecule has 1 aromatic heterocycles. The van der Waals surface area contributed by atoms with Crippen LogP contribution in [0, 0.1) is 6.92 Å². The van der Waals surface area contributed by atoms with Gasteiger partial charge in [-0.1, -0.05) is 0 Å². The molecule has 9 heteroatoms. The number of rotatable bonds is 3. The molecule has 0 aliphatic carbocycles. The molecule has 0 atom stereocenters. The predicted octanol–water partition coefficient (Wildman–Crippen LogP) is 1.04. The van der Waals surface area contributed by atoms with Gasteiger partial charge in [0.2, 0.25) is 11.7 Å². The lowest BCUT2D eigenvalue weighted by Gasteiger charge is -2.21. The van der Waals surface area contributed by atoms with Gasteiger partial charge in [0.15, 0.2) is 0 Å². The van der Waals surface area contributed by atoms with Gasteiger partial charge in [0, 0.05) is 26.2 Å². The topological polar surface area (TPSA) is 91.3 Å². The van der Waals surface area contributed by atoms with Crippen LogP contribution < -0.4 is 16.1 Å². The van der Waals surface area contributed by atoms with Crippen molar-refractivity contribution in [3.8, 4) is 0 Å². The Balaban J connectivity index is 0.000000232. The van der Waals surface area contributed by atoms with Crippen LogP contribution in [0.25, 0.3) is 0 Å². The SMILES string of the molecule is CNC(=O)NN(C=O)C(C)C.Cc1nc(Cl)n2c1CNCCC2. The number of hydrazine groups is 1. The molecule has 0 unspecified atom stereocenters. The van der Waals surface area contributed by atoms with E-state index in [-0.39, 0.29) is 6.04 Å². The maximum Gasteiger partial charge on any atom is 0.333 e. The van der Waals surface area contributed by atoms with Gasteiger partial charge in [-0.25, -0.2) is 15.2 Å². The van der Waals surface area contributed by atoms with Gasteiger partial charge in [-0.2, -0.15) is 0 Å². The van der Waals surface area contributed by atoms with E-state index in [1.165, 1.54) is 17.8 Å². The van der Waals surface area contributed by atoms with E-state index in [0.29, 0.717) is 11.7 Å². The summed E-state index contributed by atoms with van der Waals surface area (Å²) in [6.45, 7) is 8.55. The first kappa shape index (κ1) is 19.2. The third-order valence-electron chi connectivity index (χ3n) is 3.38. The standard InChI is InChI=1S/C8H12ClN3.C6H13N3O2/c1-6-7-5-10-3-2-4-12(7)8(9)11-6;1-5(2)9(4-10)8-6(11)7-3/h10H,2-5H2,1H3;4-5H,1-3H3,(H2,7,8,11). The molecule has 0 spiro atoms. The molecular formula is C14H25ClN6O2. The van der Waals surface area contributed by atoms with Crippen molar-refractivity contribution in [1.82, 2.24) is 30.6 Å². The number of aryl methyl sites for hydroxylation is 1. The minimum atomic E-state index is -0.397. The van der Waals surface area contributed by atoms with Gasteiger partial charge in [0.1, 0.15) is 0 Å².